The number of thioether (sulfide) groups is 1. The summed E-state index contributed by atoms with van der Waals surface area (Å²) in [6, 6.07) is 2.52. The second-order valence-corrected chi connectivity index (χ2v) is 7.71. The molecule has 1 heterocycles. The lowest BCUT2D eigenvalue weighted by Gasteiger charge is -2.19. The minimum absolute atomic E-state index is 0.208. The van der Waals surface area contributed by atoms with Gasteiger partial charge < -0.3 is 24.4 Å². The van der Waals surface area contributed by atoms with Crippen molar-refractivity contribution in [3.8, 4) is 5.75 Å². The minimum Gasteiger partial charge on any atom is -0.548 e. The number of aliphatic carboxylic acids is 1. The monoisotopic (exact) mass is 404 g/mol. The number of carboxylic acids is 1. The van der Waals surface area contributed by atoms with Crippen molar-refractivity contribution in [3.63, 3.8) is 0 Å². The van der Waals surface area contributed by atoms with E-state index >= 15 is 0 Å². The molecule has 0 spiro atoms. The Kier molecular flexibility index (Phi) is 6.28. The van der Waals surface area contributed by atoms with Crippen LogP contribution in [-0.4, -0.2) is 36.5 Å². The zero-order valence-electron chi connectivity index (χ0n) is 15.8. The van der Waals surface area contributed by atoms with E-state index in [0.717, 1.165) is 42.2 Å². The number of fused-ring (bicyclic) bond motifs is 3. The summed E-state index contributed by atoms with van der Waals surface area (Å²) in [4.78, 5) is 35.4. The van der Waals surface area contributed by atoms with Gasteiger partial charge in [0.1, 0.15) is 11.3 Å². The molecule has 1 aliphatic rings. The van der Waals surface area contributed by atoms with Crippen LogP contribution in [-0.2, 0) is 22.4 Å². The Balaban J connectivity index is 1.79. The number of hydrogen-bond acceptors (Lipinski definition) is 7. The third-order valence-corrected chi connectivity index (χ3v) is 5.57. The molecule has 0 aliphatic heterocycles. The summed E-state index contributed by atoms with van der Waals surface area (Å²) in [6.45, 7) is 1.42. The summed E-state index contributed by atoms with van der Waals surface area (Å²) in [5, 5.41) is 14.3. The molecule has 1 N–H and O–H groups in total. The maximum absolute atomic E-state index is 12.3. The van der Waals surface area contributed by atoms with E-state index in [0.29, 0.717) is 16.9 Å². The largest absolute Gasteiger partial charge is 0.548 e. The number of hydrogen-bond donors (Lipinski definition) is 1. The van der Waals surface area contributed by atoms with Gasteiger partial charge in [-0.1, -0.05) is 0 Å². The van der Waals surface area contributed by atoms with Gasteiger partial charge in [-0.25, -0.2) is 4.79 Å². The first-order valence-corrected chi connectivity index (χ1v) is 10.5. The maximum Gasteiger partial charge on any atom is 0.339 e. The van der Waals surface area contributed by atoms with E-state index in [4.69, 9.17) is 9.15 Å². The lowest BCUT2D eigenvalue weighted by atomic mass is 9.90. The Morgan fingerprint density at radius 3 is 2.68 bits per heavy atom. The molecule has 0 radical (unpaired) electrons. The second kappa shape index (κ2) is 8.68. The van der Waals surface area contributed by atoms with E-state index in [1.165, 1.54) is 11.8 Å². The molecule has 3 rings (SSSR count). The topological polar surface area (TPSA) is 109 Å². The van der Waals surface area contributed by atoms with E-state index in [1.54, 1.807) is 19.2 Å². The highest BCUT2D eigenvalue weighted by atomic mass is 32.2. The fourth-order valence-corrected chi connectivity index (χ4v) is 4.05. The van der Waals surface area contributed by atoms with Crippen molar-refractivity contribution in [2.45, 2.75) is 38.6 Å². The Morgan fingerprint density at radius 1 is 1.29 bits per heavy atom. The van der Waals surface area contributed by atoms with Crippen LogP contribution >= 0.6 is 11.8 Å². The smallest absolute Gasteiger partial charge is 0.339 e. The highest BCUT2D eigenvalue weighted by molar-refractivity contribution is 7.98. The van der Waals surface area contributed by atoms with Crippen molar-refractivity contribution in [3.05, 3.63) is 39.2 Å². The highest BCUT2D eigenvalue weighted by Gasteiger charge is 2.20. The van der Waals surface area contributed by atoms with Crippen LogP contribution in [0, 0.1) is 6.92 Å². The number of amides is 1. The summed E-state index contributed by atoms with van der Waals surface area (Å²) in [5.41, 5.74) is 2.59. The van der Waals surface area contributed by atoms with Crippen molar-refractivity contribution < 1.29 is 23.8 Å². The highest BCUT2D eigenvalue weighted by Crippen LogP contribution is 2.32. The maximum atomic E-state index is 12.3. The molecule has 1 amide bonds. The average molecular weight is 404 g/mol. The molecule has 8 heteroatoms. The minimum atomic E-state index is -1.34. The van der Waals surface area contributed by atoms with Crippen LogP contribution in [0.4, 0.5) is 0 Å². The summed E-state index contributed by atoms with van der Waals surface area (Å²) in [6.07, 6.45) is 5.35. The molecule has 1 aromatic heterocycles. The van der Waals surface area contributed by atoms with Crippen molar-refractivity contribution in [2.24, 2.45) is 0 Å². The molecule has 1 aliphatic carbocycles. The van der Waals surface area contributed by atoms with Crippen LogP contribution in [0.25, 0.3) is 11.0 Å². The number of carbonyl (C=O) groups excluding carboxylic acids is 2. The molecule has 7 nitrogen and oxygen atoms in total. The molecule has 0 fully saturated rings. The summed E-state index contributed by atoms with van der Waals surface area (Å²) in [5.74, 6) is -1.28. The Labute approximate surface area is 166 Å². The van der Waals surface area contributed by atoms with E-state index in [9.17, 15) is 19.5 Å². The van der Waals surface area contributed by atoms with Crippen molar-refractivity contribution in [2.75, 3.05) is 18.6 Å². The zero-order valence-corrected chi connectivity index (χ0v) is 16.6. The summed E-state index contributed by atoms with van der Waals surface area (Å²) < 4.78 is 11.1. The number of carboxylic acid groups (broad SMARTS) is 1. The van der Waals surface area contributed by atoms with Gasteiger partial charge in [0.2, 0.25) is 0 Å². The SMILES string of the molecule is CSC[C@H](NC(=O)COc1ccc2c3c(c(=O)oc2c1C)CCCC3)C(=O)[O-]. The third kappa shape index (κ3) is 4.16. The standard InChI is InChI=1S/C20H23NO6S/c1-11-16(26-9-17(22)21-15(10-28-2)19(23)24)8-7-13-12-5-3-4-6-14(12)20(25)27-18(11)13/h7-8,15H,3-6,9-10H2,1-2H3,(H,21,22)(H,23,24)/p-1/t15-/m0/s1. The molecule has 28 heavy (non-hydrogen) atoms. The molecule has 0 unspecified atom stereocenters. The van der Waals surface area contributed by atoms with Crippen LogP contribution in [0.5, 0.6) is 5.75 Å². The lowest BCUT2D eigenvalue weighted by Crippen LogP contribution is -2.50. The predicted molar refractivity (Wildman–Crippen MR) is 105 cm³/mol. The number of benzene rings is 1. The fraction of sp³-hybridized carbons (Fsp3) is 0.450. The molecule has 0 bridgehead atoms. The molecular weight excluding hydrogens is 382 g/mol. The van der Waals surface area contributed by atoms with Crippen LogP contribution < -0.4 is 20.8 Å². The van der Waals surface area contributed by atoms with E-state index in [1.807, 2.05) is 6.07 Å². The molecule has 0 saturated carbocycles. The molecule has 1 aromatic carbocycles. The normalized spacial score (nSPS) is 14.4. The van der Waals surface area contributed by atoms with Gasteiger partial charge in [-0.15, -0.1) is 0 Å². The Hall–Kier alpha value is -2.48. The number of ether oxygens (including phenoxy) is 1. The molecule has 2 aromatic rings. The Morgan fingerprint density at radius 2 is 2.00 bits per heavy atom. The van der Waals surface area contributed by atoms with Crippen LogP contribution in [0.15, 0.2) is 21.3 Å². The average Bonchev–Trinajstić information content (AvgIpc) is 2.68. The summed E-state index contributed by atoms with van der Waals surface area (Å²) >= 11 is 1.29. The van der Waals surface area contributed by atoms with Crippen molar-refractivity contribution in [1.82, 2.24) is 5.32 Å². The van der Waals surface area contributed by atoms with Gasteiger partial charge >= 0.3 is 5.63 Å². The first-order chi connectivity index (χ1) is 13.4. The quantitative estimate of drug-likeness (QED) is 0.685. The van der Waals surface area contributed by atoms with Crippen molar-refractivity contribution >= 4 is 34.6 Å². The third-order valence-electron chi connectivity index (χ3n) is 4.90. The van der Waals surface area contributed by atoms with Gasteiger partial charge in [0, 0.05) is 22.3 Å². The van der Waals surface area contributed by atoms with Gasteiger partial charge in [0.15, 0.2) is 6.61 Å². The first-order valence-electron chi connectivity index (χ1n) is 9.12. The van der Waals surface area contributed by atoms with Gasteiger partial charge in [0.05, 0.1) is 12.0 Å². The van der Waals surface area contributed by atoms with Crippen LogP contribution in [0.2, 0.25) is 0 Å². The predicted octanol–water partition coefficient (Wildman–Crippen LogP) is 0.957. The number of rotatable bonds is 7. The van der Waals surface area contributed by atoms with Crippen molar-refractivity contribution in [1.29, 1.82) is 0 Å². The van der Waals surface area contributed by atoms with Crippen LogP contribution in [0.3, 0.4) is 0 Å². The molecule has 150 valence electrons. The summed E-state index contributed by atoms with van der Waals surface area (Å²) in [7, 11) is 0. The van der Waals surface area contributed by atoms with Crippen LogP contribution in [0.1, 0.15) is 29.5 Å². The molecule has 0 saturated heterocycles. The lowest BCUT2D eigenvalue weighted by molar-refractivity contribution is -0.307. The van der Waals surface area contributed by atoms with E-state index in [2.05, 4.69) is 5.32 Å². The Bertz CT molecular complexity index is 967. The molecule has 1 atom stereocenters. The van der Waals surface area contributed by atoms with E-state index < -0.39 is 17.9 Å². The fourth-order valence-electron chi connectivity index (χ4n) is 3.50. The number of aryl methyl sites for hydroxylation is 2. The number of nitrogens with one attached hydrogen (secondary N) is 1. The van der Waals surface area contributed by atoms with E-state index in [-0.39, 0.29) is 18.0 Å². The van der Waals surface area contributed by atoms with Gasteiger partial charge in [-0.2, -0.15) is 11.8 Å². The van der Waals surface area contributed by atoms with Gasteiger partial charge in [-0.05, 0) is 56.6 Å². The number of carbonyl (C=O) groups is 2. The van der Waals surface area contributed by atoms with Gasteiger partial charge in [0.25, 0.3) is 5.91 Å². The first kappa shape index (κ1) is 20.3. The molecular formula is C20H22NO6S-. The second-order valence-electron chi connectivity index (χ2n) is 6.80. The zero-order chi connectivity index (χ0) is 20.3. The van der Waals surface area contributed by atoms with Gasteiger partial charge in [-0.3, -0.25) is 4.79 Å².